The van der Waals surface area contributed by atoms with Crippen LogP contribution < -0.4 is 15.5 Å². The lowest BCUT2D eigenvalue weighted by molar-refractivity contribution is 0.646. The topological polar surface area (TPSA) is 58.3 Å². The lowest BCUT2D eigenvalue weighted by atomic mass is 10.2. The summed E-state index contributed by atoms with van der Waals surface area (Å²) >= 11 is 1.70. The average Bonchev–Trinajstić information content (AvgIpc) is 3.03. The van der Waals surface area contributed by atoms with Crippen molar-refractivity contribution in [2.45, 2.75) is 6.42 Å². The number of anilines is 2. The Morgan fingerprint density at radius 3 is 2.50 bits per heavy atom. The number of nitrogens with zero attached hydrogens (tertiary/aromatic N) is 4. The molecule has 6 heteroatoms. The Balaban J connectivity index is 1.60. The van der Waals surface area contributed by atoms with Crippen molar-refractivity contribution in [2.24, 2.45) is 5.73 Å². The standard InChI is InChI=1S/C14H19N5S/c15-4-3-12-1-2-13(17-11-12)18-6-8-19(9-7-18)14-16-5-10-20-14/h1-2,5,10-11H,3-4,6-9,15H2. The van der Waals surface area contributed by atoms with E-state index in [4.69, 9.17) is 5.73 Å². The number of hydrogen-bond donors (Lipinski definition) is 1. The molecule has 3 heterocycles. The Bertz CT molecular complexity index is 517. The van der Waals surface area contributed by atoms with Gasteiger partial charge in [0, 0.05) is 44.0 Å². The molecule has 0 spiro atoms. The van der Waals surface area contributed by atoms with Gasteiger partial charge in [0.15, 0.2) is 5.13 Å². The Morgan fingerprint density at radius 2 is 1.90 bits per heavy atom. The van der Waals surface area contributed by atoms with E-state index < -0.39 is 0 Å². The van der Waals surface area contributed by atoms with E-state index in [-0.39, 0.29) is 0 Å². The fraction of sp³-hybridized carbons (Fsp3) is 0.429. The maximum absolute atomic E-state index is 5.55. The van der Waals surface area contributed by atoms with E-state index in [0.717, 1.165) is 43.5 Å². The number of nitrogens with two attached hydrogens (primary N) is 1. The second-order valence-corrected chi connectivity index (χ2v) is 5.73. The van der Waals surface area contributed by atoms with Crippen molar-refractivity contribution in [2.75, 3.05) is 42.5 Å². The largest absolute Gasteiger partial charge is 0.353 e. The first-order valence-electron chi connectivity index (χ1n) is 6.91. The van der Waals surface area contributed by atoms with Gasteiger partial charge in [-0.2, -0.15) is 0 Å². The van der Waals surface area contributed by atoms with E-state index in [1.165, 1.54) is 5.56 Å². The highest BCUT2D eigenvalue weighted by molar-refractivity contribution is 7.13. The third kappa shape index (κ3) is 2.91. The predicted octanol–water partition coefficient (Wildman–Crippen LogP) is 1.37. The van der Waals surface area contributed by atoms with Gasteiger partial charge >= 0.3 is 0 Å². The Kier molecular flexibility index (Phi) is 4.13. The predicted molar refractivity (Wildman–Crippen MR) is 83.5 cm³/mol. The summed E-state index contributed by atoms with van der Waals surface area (Å²) in [5, 5.41) is 3.15. The summed E-state index contributed by atoms with van der Waals surface area (Å²) in [4.78, 5) is 13.6. The lowest BCUT2D eigenvalue weighted by Gasteiger charge is -2.35. The van der Waals surface area contributed by atoms with Crippen LogP contribution in [-0.4, -0.2) is 42.7 Å². The summed E-state index contributed by atoms with van der Waals surface area (Å²) in [7, 11) is 0. The van der Waals surface area contributed by atoms with E-state index in [2.05, 4.69) is 31.9 Å². The molecule has 0 atom stereocenters. The summed E-state index contributed by atoms with van der Waals surface area (Å²) in [6.07, 6.45) is 4.70. The van der Waals surface area contributed by atoms with Crippen LogP contribution in [0, 0.1) is 0 Å². The number of hydrogen-bond acceptors (Lipinski definition) is 6. The van der Waals surface area contributed by atoms with E-state index in [1.54, 1.807) is 11.3 Å². The van der Waals surface area contributed by atoms with Gasteiger partial charge in [-0.3, -0.25) is 0 Å². The van der Waals surface area contributed by atoms with E-state index >= 15 is 0 Å². The number of pyridine rings is 1. The summed E-state index contributed by atoms with van der Waals surface area (Å²) in [5.74, 6) is 1.06. The normalized spacial score (nSPS) is 15.7. The second-order valence-electron chi connectivity index (χ2n) is 4.85. The molecule has 2 aromatic rings. The van der Waals surface area contributed by atoms with Gasteiger partial charge in [0.1, 0.15) is 5.82 Å². The van der Waals surface area contributed by atoms with Crippen LogP contribution in [0.5, 0.6) is 0 Å². The molecule has 1 saturated heterocycles. The Labute approximate surface area is 123 Å². The van der Waals surface area contributed by atoms with Crippen molar-refractivity contribution >= 4 is 22.3 Å². The van der Waals surface area contributed by atoms with Gasteiger partial charge in [-0.05, 0) is 24.6 Å². The van der Waals surface area contributed by atoms with Gasteiger partial charge < -0.3 is 15.5 Å². The van der Waals surface area contributed by atoms with Crippen molar-refractivity contribution in [3.05, 3.63) is 35.5 Å². The first-order valence-corrected chi connectivity index (χ1v) is 7.79. The minimum absolute atomic E-state index is 0.674. The van der Waals surface area contributed by atoms with Crippen molar-refractivity contribution in [1.29, 1.82) is 0 Å². The lowest BCUT2D eigenvalue weighted by Crippen LogP contribution is -2.46. The smallest absolute Gasteiger partial charge is 0.185 e. The van der Waals surface area contributed by atoms with Crippen LogP contribution in [0.3, 0.4) is 0 Å². The van der Waals surface area contributed by atoms with Crippen molar-refractivity contribution in [3.8, 4) is 0 Å². The molecule has 1 aliphatic heterocycles. The van der Waals surface area contributed by atoms with E-state index in [0.29, 0.717) is 6.54 Å². The highest BCUT2D eigenvalue weighted by Gasteiger charge is 2.19. The zero-order valence-electron chi connectivity index (χ0n) is 11.4. The molecule has 0 bridgehead atoms. The number of piperazine rings is 1. The SMILES string of the molecule is NCCc1ccc(N2CCN(c3nccs3)CC2)nc1. The summed E-state index contributed by atoms with van der Waals surface area (Å²) in [5.41, 5.74) is 6.76. The van der Waals surface area contributed by atoms with Crippen molar-refractivity contribution in [1.82, 2.24) is 9.97 Å². The molecule has 0 aromatic carbocycles. The van der Waals surface area contributed by atoms with Crippen LogP contribution in [0.1, 0.15) is 5.56 Å². The molecule has 2 N–H and O–H groups in total. The van der Waals surface area contributed by atoms with Gasteiger partial charge in [-0.25, -0.2) is 9.97 Å². The molecule has 0 aliphatic carbocycles. The van der Waals surface area contributed by atoms with Gasteiger partial charge in [-0.15, -0.1) is 11.3 Å². The molecule has 0 unspecified atom stereocenters. The molecule has 5 nitrogen and oxygen atoms in total. The minimum Gasteiger partial charge on any atom is -0.353 e. The maximum Gasteiger partial charge on any atom is 0.185 e. The third-order valence-electron chi connectivity index (χ3n) is 3.54. The molecule has 3 rings (SSSR count). The average molecular weight is 289 g/mol. The van der Waals surface area contributed by atoms with Gasteiger partial charge in [0.25, 0.3) is 0 Å². The van der Waals surface area contributed by atoms with Crippen LogP contribution in [0.15, 0.2) is 29.9 Å². The molecule has 2 aromatic heterocycles. The molecule has 1 aliphatic rings. The number of aromatic nitrogens is 2. The molecule has 0 radical (unpaired) electrons. The summed E-state index contributed by atoms with van der Waals surface area (Å²) in [6.45, 7) is 4.65. The molecule has 0 amide bonds. The van der Waals surface area contributed by atoms with Gasteiger partial charge in [-0.1, -0.05) is 6.07 Å². The number of rotatable bonds is 4. The molecular weight excluding hydrogens is 270 g/mol. The van der Waals surface area contributed by atoms with Crippen LogP contribution in [0.4, 0.5) is 10.9 Å². The van der Waals surface area contributed by atoms with Crippen LogP contribution >= 0.6 is 11.3 Å². The van der Waals surface area contributed by atoms with Crippen LogP contribution in [0.2, 0.25) is 0 Å². The molecule has 20 heavy (non-hydrogen) atoms. The fourth-order valence-corrected chi connectivity index (χ4v) is 3.11. The molecule has 1 fully saturated rings. The van der Waals surface area contributed by atoms with Crippen LogP contribution in [-0.2, 0) is 6.42 Å². The zero-order chi connectivity index (χ0) is 13.8. The Hall–Kier alpha value is -1.66. The highest BCUT2D eigenvalue weighted by Crippen LogP contribution is 2.21. The first kappa shape index (κ1) is 13.3. The third-order valence-corrected chi connectivity index (χ3v) is 4.37. The van der Waals surface area contributed by atoms with Crippen molar-refractivity contribution < 1.29 is 0 Å². The van der Waals surface area contributed by atoms with E-state index in [1.807, 2.05) is 17.8 Å². The first-order chi connectivity index (χ1) is 9.86. The zero-order valence-corrected chi connectivity index (χ0v) is 12.2. The highest BCUT2D eigenvalue weighted by atomic mass is 32.1. The monoisotopic (exact) mass is 289 g/mol. The number of thiazole rings is 1. The van der Waals surface area contributed by atoms with Gasteiger partial charge in [0.05, 0.1) is 0 Å². The van der Waals surface area contributed by atoms with Crippen LogP contribution in [0.25, 0.3) is 0 Å². The molecule has 0 saturated carbocycles. The Morgan fingerprint density at radius 1 is 1.10 bits per heavy atom. The van der Waals surface area contributed by atoms with E-state index in [9.17, 15) is 0 Å². The summed E-state index contributed by atoms with van der Waals surface area (Å²) in [6, 6.07) is 4.23. The molecule has 106 valence electrons. The molecular formula is C14H19N5S. The maximum atomic E-state index is 5.55. The van der Waals surface area contributed by atoms with Crippen molar-refractivity contribution in [3.63, 3.8) is 0 Å². The fourth-order valence-electron chi connectivity index (χ4n) is 2.42. The van der Waals surface area contributed by atoms with Gasteiger partial charge in [0.2, 0.25) is 0 Å². The minimum atomic E-state index is 0.674. The quantitative estimate of drug-likeness (QED) is 0.921. The second kappa shape index (κ2) is 6.19. The summed E-state index contributed by atoms with van der Waals surface area (Å²) < 4.78 is 0.